The minimum atomic E-state index is -4.65. The van der Waals surface area contributed by atoms with Crippen molar-refractivity contribution in [1.82, 2.24) is 9.88 Å². The van der Waals surface area contributed by atoms with Gasteiger partial charge in [-0.3, -0.25) is 4.79 Å². The smallest absolute Gasteiger partial charge is 0.416 e. The van der Waals surface area contributed by atoms with E-state index in [-0.39, 0.29) is 29.4 Å². The molecule has 6 nitrogen and oxygen atoms in total. The molecule has 0 bridgehead atoms. The first-order valence-electron chi connectivity index (χ1n) is 11.2. The summed E-state index contributed by atoms with van der Waals surface area (Å²) in [6.07, 6.45) is -3.98. The van der Waals surface area contributed by atoms with Gasteiger partial charge in [0.15, 0.2) is 9.84 Å². The number of nitrogens with zero attached hydrogens (tertiary/aromatic N) is 2. The van der Waals surface area contributed by atoms with Crippen LogP contribution in [0.25, 0.3) is 10.9 Å². The van der Waals surface area contributed by atoms with Crippen LogP contribution in [0.5, 0.6) is 5.75 Å². The molecule has 1 saturated heterocycles. The van der Waals surface area contributed by atoms with Crippen molar-refractivity contribution in [3.8, 4) is 5.75 Å². The number of rotatable bonds is 4. The number of alkyl halides is 3. The molecule has 0 radical (unpaired) electrons. The van der Waals surface area contributed by atoms with E-state index in [4.69, 9.17) is 11.6 Å². The van der Waals surface area contributed by atoms with E-state index in [0.29, 0.717) is 34.8 Å². The van der Waals surface area contributed by atoms with Crippen molar-refractivity contribution in [3.05, 3.63) is 64.8 Å². The number of hydrogen-bond donors (Lipinski definition) is 1. The molecule has 0 atom stereocenters. The van der Waals surface area contributed by atoms with Crippen molar-refractivity contribution in [2.24, 2.45) is 5.92 Å². The molecule has 1 aliphatic heterocycles. The Morgan fingerprint density at radius 2 is 1.75 bits per heavy atom. The summed E-state index contributed by atoms with van der Waals surface area (Å²) in [6, 6.07) is 9.80. The Hall–Kier alpha value is -2.85. The number of carbonyl (C=O) groups is 1. The number of aromatic hydroxyl groups is 1. The fraction of sp³-hybridized carbons (Fsp3) is 0.360. The fourth-order valence-electron chi connectivity index (χ4n) is 4.60. The number of hydrogen-bond acceptors (Lipinski definition) is 5. The third-order valence-electron chi connectivity index (χ3n) is 6.90. The predicted molar refractivity (Wildman–Crippen MR) is 130 cm³/mol. The Morgan fingerprint density at radius 3 is 2.39 bits per heavy atom. The van der Waals surface area contributed by atoms with Crippen LogP contribution in [0.3, 0.4) is 0 Å². The molecule has 3 aromatic rings. The topological polar surface area (TPSA) is 87.6 Å². The van der Waals surface area contributed by atoms with Crippen molar-refractivity contribution in [2.45, 2.75) is 42.5 Å². The van der Waals surface area contributed by atoms with Crippen molar-refractivity contribution in [1.29, 1.82) is 0 Å². The summed E-state index contributed by atoms with van der Waals surface area (Å²) in [5.41, 5.74) is -0.613. The highest BCUT2D eigenvalue weighted by atomic mass is 35.5. The summed E-state index contributed by atoms with van der Waals surface area (Å²) in [4.78, 5) is 18.6. The van der Waals surface area contributed by atoms with Gasteiger partial charge in [-0.1, -0.05) is 17.7 Å². The molecule has 0 unspecified atom stereocenters. The third kappa shape index (κ3) is 4.76. The van der Waals surface area contributed by atoms with Crippen molar-refractivity contribution >= 4 is 38.2 Å². The molecule has 1 amide bonds. The molecule has 1 N–H and O–H groups in total. The lowest BCUT2D eigenvalue weighted by molar-refractivity contribution is -0.137. The monoisotopic (exact) mass is 540 g/mol. The van der Waals surface area contributed by atoms with Crippen LogP contribution in [0.4, 0.5) is 13.2 Å². The normalized spacial score (nSPS) is 15.9. The van der Waals surface area contributed by atoms with E-state index in [1.54, 1.807) is 18.2 Å². The second kappa shape index (κ2) is 9.23. The highest BCUT2D eigenvalue weighted by Crippen LogP contribution is 2.40. The molecule has 0 aliphatic carbocycles. The molecule has 4 rings (SSSR count). The first kappa shape index (κ1) is 26.2. The zero-order valence-corrected chi connectivity index (χ0v) is 21.1. The number of aromatic nitrogens is 1. The quantitative estimate of drug-likeness (QED) is 0.457. The lowest BCUT2D eigenvalue weighted by atomic mass is 9.85. The molecule has 36 heavy (non-hydrogen) atoms. The maximum atomic E-state index is 13.4. The van der Waals surface area contributed by atoms with Crippen molar-refractivity contribution in [3.63, 3.8) is 0 Å². The molecular weight excluding hydrogens is 517 g/mol. The van der Waals surface area contributed by atoms with Gasteiger partial charge in [-0.05, 0) is 69.0 Å². The maximum Gasteiger partial charge on any atom is 0.416 e. The van der Waals surface area contributed by atoms with Crippen molar-refractivity contribution in [2.75, 3.05) is 13.1 Å². The molecule has 0 saturated carbocycles. The highest BCUT2D eigenvalue weighted by Gasteiger charge is 2.45. The minimum Gasteiger partial charge on any atom is -0.507 e. The first-order valence-corrected chi connectivity index (χ1v) is 13.1. The minimum absolute atomic E-state index is 0.0385. The number of likely N-dealkylation sites (tertiary alicyclic amines) is 1. The van der Waals surface area contributed by atoms with Crippen molar-refractivity contribution < 1.29 is 31.5 Å². The van der Waals surface area contributed by atoms with Crippen LogP contribution in [0.1, 0.15) is 42.7 Å². The number of pyridine rings is 1. The standard InChI is InChI=1S/C25H24ClF3N2O4S/c1-24(2,36(34,35)18-5-3-4-16(12-18)25(27,28)29)15-8-10-31(11-9-15)23(33)21-14-22(32)19-7-6-17(26)13-20(19)30-21/h3-7,12-15H,8-11H2,1-2H3,(H,30,32). The molecule has 1 aromatic heterocycles. The van der Waals surface area contributed by atoms with Crippen LogP contribution >= 0.6 is 11.6 Å². The van der Waals surface area contributed by atoms with Gasteiger partial charge in [0, 0.05) is 29.6 Å². The van der Waals surface area contributed by atoms with Crippen LogP contribution in [-0.2, 0) is 16.0 Å². The number of benzene rings is 2. The van der Waals surface area contributed by atoms with Gasteiger partial charge in [0.25, 0.3) is 5.91 Å². The number of amides is 1. The van der Waals surface area contributed by atoms with Gasteiger partial charge in [-0.15, -0.1) is 0 Å². The number of piperidine rings is 1. The summed E-state index contributed by atoms with van der Waals surface area (Å²) in [6.45, 7) is 3.50. The van der Waals surface area contributed by atoms with Gasteiger partial charge < -0.3 is 10.0 Å². The Morgan fingerprint density at radius 1 is 1.08 bits per heavy atom. The Bertz CT molecular complexity index is 1430. The Kier molecular flexibility index (Phi) is 6.72. The summed E-state index contributed by atoms with van der Waals surface area (Å²) in [5.74, 6) is -0.912. The summed E-state index contributed by atoms with van der Waals surface area (Å²) in [5, 5.41) is 11.2. The second-order valence-corrected chi connectivity index (χ2v) is 12.4. The molecular formula is C25H24ClF3N2O4S. The zero-order chi connectivity index (χ0) is 26.5. The van der Waals surface area contributed by atoms with Crippen LogP contribution in [-0.4, -0.2) is 47.2 Å². The fourth-order valence-corrected chi connectivity index (χ4v) is 6.58. The third-order valence-corrected chi connectivity index (χ3v) is 9.73. The van der Waals surface area contributed by atoms with E-state index < -0.39 is 38.1 Å². The molecule has 11 heteroatoms. The average molecular weight is 541 g/mol. The van der Waals surface area contributed by atoms with E-state index >= 15 is 0 Å². The Labute approximate surface area is 211 Å². The zero-order valence-electron chi connectivity index (χ0n) is 19.5. The van der Waals surface area contributed by atoms with Crippen LogP contribution in [0.15, 0.2) is 53.4 Å². The lowest BCUT2D eigenvalue weighted by Crippen LogP contribution is -2.47. The van der Waals surface area contributed by atoms with Gasteiger partial charge in [0.2, 0.25) is 0 Å². The van der Waals surface area contributed by atoms with Gasteiger partial charge in [-0.25, -0.2) is 13.4 Å². The molecule has 1 fully saturated rings. The summed E-state index contributed by atoms with van der Waals surface area (Å²) >= 11 is 6.00. The predicted octanol–water partition coefficient (Wildman–Crippen LogP) is 5.72. The van der Waals surface area contributed by atoms with Gasteiger partial charge in [0.1, 0.15) is 11.4 Å². The number of fused-ring (bicyclic) bond motifs is 1. The average Bonchev–Trinajstić information content (AvgIpc) is 2.82. The van der Waals surface area contributed by atoms with Gasteiger partial charge >= 0.3 is 6.18 Å². The lowest BCUT2D eigenvalue weighted by Gasteiger charge is -2.40. The largest absolute Gasteiger partial charge is 0.507 e. The molecule has 2 aromatic carbocycles. The number of halogens is 4. The maximum absolute atomic E-state index is 13.4. The van der Waals surface area contributed by atoms with Crippen LogP contribution in [0.2, 0.25) is 5.02 Å². The van der Waals surface area contributed by atoms with E-state index in [2.05, 4.69) is 4.98 Å². The Balaban J connectivity index is 1.52. The van der Waals surface area contributed by atoms with Crippen LogP contribution in [0, 0.1) is 5.92 Å². The number of carbonyl (C=O) groups excluding carboxylic acids is 1. The summed E-state index contributed by atoms with van der Waals surface area (Å²) < 4.78 is 64.8. The SMILES string of the molecule is CC(C)(C1CCN(C(=O)c2cc(O)c3ccc(Cl)cc3n2)CC1)S(=O)(=O)c1cccc(C(F)(F)F)c1. The molecule has 1 aliphatic rings. The number of sulfone groups is 1. The van der Waals surface area contributed by atoms with E-state index in [1.807, 2.05) is 0 Å². The van der Waals surface area contributed by atoms with E-state index in [9.17, 15) is 31.5 Å². The molecule has 192 valence electrons. The molecule has 2 heterocycles. The van der Waals surface area contributed by atoms with Gasteiger partial charge in [-0.2, -0.15) is 13.2 Å². The van der Waals surface area contributed by atoms with E-state index in [1.165, 1.54) is 30.9 Å². The van der Waals surface area contributed by atoms with E-state index in [0.717, 1.165) is 12.1 Å². The molecule has 0 spiro atoms. The second-order valence-electron chi connectivity index (χ2n) is 9.39. The van der Waals surface area contributed by atoms with Crippen LogP contribution < -0.4 is 0 Å². The first-order chi connectivity index (χ1) is 16.7. The highest BCUT2D eigenvalue weighted by molar-refractivity contribution is 7.92. The summed E-state index contributed by atoms with van der Waals surface area (Å²) in [7, 11) is -4.11. The van der Waals surface area contributed by atoms with Gasteiger partial charge in [0.05, 0.1) is 20.7 Å².